The van der Waals surface area contributed by atoms with E-state index in [-0.39, 0.29) is 11.6 Å². The van der Waals surface area contributed by atoms with Crippen LogP contribution >= 0.6 is 0 Å². The van der Waals surface area contributed by atoms with Gasteiger partial charge in [-0.15, -0.1) is 4.83 Å². The van der Waals surface area contributed by atoms with Crippen molar-refractivity contribution in [2.75, 3.05) is 5.75 Å². The molecule has 1 rings (SSSR count). The zero-order valence-corrected chi connectivity index (χ0v) is 6.16. The minimum absolute atomic E-state index is 0.0996. The Morgan fingerprint density at radius 2 is 2.20 bits per heavy atom. The molecule has 0 aliphatic carbocycles. The van der Waals surface area contributed by atoms with Crippen molar-refractivity contribution < 1.29 is 8.42 Å². The number of sulfonamides is 1. The van der Waals surface area contributed by atoms with Gasteiger partial charge in [0.05, 0.1) is 5.75 Å². The maximum atomic E-state index is 10.7. The van der Waals surface area contributed by atoms with Gasteiger partial charge in [-0.05, 0) is 6.42 Å². The summed E-state index contributed by atoms with van der Waals surface area (Å²) < 4.78 is 21.5. The summed E-state index contributed by atoms with van der Waals surface area (Å²) in [6.07, 6.45) is 1.01. The van der Waals surface area contributed by atoms with E-state index in [1.807, 2.05) is 0 Å². The fourth-order valence-electron chi connectivity index (χ4n) is 0.692. The average Bonchev–Trinajstić information content (AvgIpc) is 1.94. The highest BCUT2D eigenvalue weighted by Gasteiger charge is 2.14. The summed E-state index contributed by atoms with van der Waals surface area (Å²) in [5.41, 5.74) is 2.28. The fourth-order valence-corrected chi connectivity index (χ4v) is 1.60. The van der Waals surface area contributed by atoms with Crippen LogP contribution in [0.3, 0.4) is 0 Å². The van der Waals surface area contributed by atoms with Crippen LogP contribution in [0.4, 0.5) is 0 Å². The Morgan fingerprint density at radius 3 is 2.90 bits per heavy atom. The van der Waals surface area contributed by atoms with Crippen molar-refractivity contribution in [3.63, 3.8) is 0 Å². The van der Waals surface area contributed by atoms with Crippen molar-refractivity contribution in [2.45, 2.75) is 12.8 Å². The van der Waals surface area contributed by atoms with E-state index in [9.17, 15) is 8.42 Å². The van der Waals surface area contributed by atoms with Gasteiger partial charge in [-0.2, -0.15) is 0 Å². The molecule has 10 heavy (non-hydrogen) atoms. The third-order valence-corrected chi connectivity index (χ3v) is 2.44. The molecule has 1 aliphatic heterocycles. The van der Waals surface area contributed by atoms with Crippen molar-refractivity contribution in [3.05, 3.63) is 0 Å². The topological polar surface area (TPSA) is 82.0 Å². The van der Waals surface area contributed by atoms with E-state index in [1.54, 1.807) is 0 Å². The second-order valence-electron chi connectivity index (χ2n) is 2.13. The summed E-state index contributed by atoms with van der Waals surface area (Å²) in [6, 6.07) is 0. The summed E-state index contributed by atoms with van der Waals surface area (Å²) in [4.78, 5) is 2.07. The monoisotopic (exact) mass is 163 g/mol. The number of hydrogen-bond donors (Lipinski definition) is 3. The first-order valence-corrected chi connectivity index (χ1v) is 4.58. The average molecular weight is 163 g/mol. The van der Waals surface area contributed by atoms with Gasteiger partial charge in [-0.25, -0.2) is 8.42 Å². The zero-order chi connectivity index (χ0) is 7.61. The molecule has 1 saturated heterocycles. The van der Waals surface area contributed by atoms with E-state index in [0.717, 1.165) is 0 Å². The molecule has 0 unspecified atom stereocenters. The first-order valence-electron chi connectivity index (χ1n) is 2.93. The Balaban J connectivity index is 2.66. The van der Waals surface area contributed by atoms with Gasteiger partial charge < -0.3 is 0 Å². The Hall–Kier alpha value is -0.620. The third kappa shape index (κ3) is 1.96. The van der Waals surface area contributed by atoms with Crippen LogP contribution in [-0.4, -0.2) is 20.0 Å². The normalized spacial score (nSPS) is 25.0. The molecule has 6 heteroatoms. The van der Waals surface area contributed by atoms with Crippen LogP contribution in [0.2, 0.25) is 0 Å². The van der Waals surface area contributed by atoms with Gasteiger partial charge in [0.2, 0.25) is 10.0 Å². The van der Waals surface area contributed by atoms with Gasteiger partial charge in [-0.3, -0.25) is 10.8 Å². The predicted molar refractivity (Wildman–Crippen MR) is 37.0 cm³/mol. The minimum atomic E-state index is -3.15. The molecule has 1 heterocycles. The molecule has 0 radical (unpaired) electrons. The van der Waals surface area contributed by atoms with Gasteiger partial charge in [-0.1, -0.05) is 0 Å². The van der Waals surface area contributed by atoms with Crippen LogP contribution in [0.5, 0.6) is 0 Å². The largest absolute Gasteiger partial charge is 0.296 e. The Bertz CT molecular complexity index is 233. The quantitative estimate of drug-likeness (QED) is 0.436. The molecule has 1 fully saturated rings. The predicted octanol–water partition coefficient (Wildman–Crippen LogP) is -0.819. The van der Waals surface area contributed by atoms with Crippen LogP contribution in [0.15, 0.2) is 0 Å². The van der Waals surface area contributed by atoms with Crippen LogP contribution < -0.4 is 10.3 Å². The van der Waals surface area contributed by atoms with Crippen LogP contribution in [0.1, 0.15) is 12.8 Å². The smallest absolute Gasteiger partial charge is 0.228 e. The standard InChI is InChI=1S/C4H9N3O2S/c5-4-2-1-3-10(8,9)7-6-4/h7H,1-3H2,(H2,5,6). The third-order valence-electron chi connectivity index (χ3n) is 1.20. The molecule has 0 aromatic carbocycles. The Kier molecular flexibility index (Phi) is 1.91. The molecule has 1 aliphatic rings. The molecule has 0 bridgehead atoms. The van der Waals surface area contributed by atoms with E-state index >= 15 is 0 Å². The lowest BCUT2D eigenvalue weighted by atomic mass is 10.3. The molecule has 0 aromatic heterocycles. The van der Waals surface area contributed by atoms with Gasteiger partial charge in [0.1, 0.15) is 5.84 Å². The summed E-state index contributed by atoms with van der Waals surface area (Å²) in [5, 5.41) is 7.07. The molecule has 58 valence electrons. The number of rotatable bonds is 0. The number of hydrazine groups is 1. The van der Waals surface area contributed by atoms with Gasteiger partial charge in [0, 0.05) is 6.42 Å². The molecule has 0 atom stereocenters. The summed E-state index contributed by atoms with van der Waals surface area (Å²) >= 11 is 0. The molecule has 0 aromatic rings. The van der Waals surface area contributed by atoms with Crippen LogP contribution in [-0.2, 0) is 10.0 Å². The van der Waals surface area contributed by atoms with Crippen LogP contribution in [0, 0.1) is 5.41 Å². The number of amidine groups is 1. The highest BCUT2D eigenvalue weighted by molar-refractivity contribution is 7.89. The van der Waals surface area contributed by atoms with E-state index < -0.39 is 10.0 Å². The lowest BCUT2D eigenvalue weighted by Crippen LogP contribution is -2.39. The Morgan fingerprint density at radius 1 is 1.50 bits per heavy atom. The second kappa shape index (κ2) is 2.55. The van der Waals surface area contributed by atoms with E-state index in [0.29, 0.717) is 12.8 Å². The maximum absolute atomic E-state index is 10.7. The van der Waals surface area contributed by atoms with Crippen LogP contribution in [0.25, 0.3) is 0 Å². The number of nitrogens with one attached hydrogen (secondary N) is 3. The lowest BCUT2D eigenvalue weighted by molar-refractivity contribution is 0.579. The first kappa shape index (κ1) is 7.49. The summed E-state index contributed by atoms with van der Waals surface area (Å²) in [6.45, 7) is 0. The van der Waals surface area contributed by atoms with Gasteiger partial charge in [0.25, 0.3) is 0 Å². The van der Waals surface area contributed by atoms with Gasteiger partial charge >= 0.3 is 0 Å². The summed E-state index contributed by atoms with van der Waals surface area (Å²) in [7, 11) is -3.15. The van der Waals surface area contributed by atoms with E-state index in [4.69, 9.17) is 5.41 Å². The molecule has 0 saturated carbocycles. The molecule has 3 N–H and O–H groups in total. The second-order valence-corrected chi connectivity index (χ2v) is 3.97. The molecular weight excluding hydrogens is 154 g/mol. The van der Waals surface area contributed by atoms with E-state index in [1.165, 1.54) is 0 Å². The molecule has 0 spiro atoms. The van der Waals surface area contributed by atoms with Crippen molar-refractivity contribution in [1.82, 2.24) is 10.3 Å². The van der Waals surface area contributed by atoms with Crippen molar-refractivity contribution in [3.8, 4) is 0 Å². The number of hydrogen-bond acceptors (Lipinski definition) is 3. The molecular formula is C4H9N3O2S. The van der Waals surface area contributed by atoms with Crippen molar-refractivity contribution >= 4 is 15.9 Å². The SMILES string of the molecule is N=C1CCCS(=O)(=O)NN1. The lowest BCUT2D eigenvalue weighted by Gasteiger charge is -2.01. The first-order chi connectivity index (χ1) is 4.60. The zero-order valence-electron chi connectivity index (χ0n) is 5.35. The van der Waals surface area contributed by atoms with Gasteiger partial charge in [0.15, 0.2) is 0 Å². The fraction of sp³-hybridized carbons (Fsp3) is 0.750. The van der Waals surface area contributed by atoms with Crippen molar-refractivity contribution in [2.24, 2.45) is 0 Å². The van der Waals surface area contributed by atoms with Crippen molar-refractivity contribution in [1.29, 1.82) is 5.41 Å². The highest BCUT2D eigenvalue weighted by Crippen LogP contribution is 1.97. The molecule has 0 amide bonds. The Labute approximate surface area is 59.3 Å². The highest BCUT2D eigenvalue weighted by atomic mass is 32.2. The maximum Gasteiger partial charge on any atom is 0.228 e. The van der Waals surface area contributed by atoms with E-state index in [2.05, 4.69) is 10.3 Å². The summed E-state index contributed by atoms with van der Waals surface area (Å²) in [5.74, 6) is 0.323. The molecule has 5 nitrogen and oxygen atoms in total. The minimum Gasteiger partial charge on any atom is -0.296 e.